The van der Waals surface area contributed by atoms with Gasteiger partial charge in [-0.15, -0.1) is 0 Å². The lowest BCUT2D eigenvalue weighted by atomic mass is 10.1. The van der Waals surface area contributed by atoms with Gasteiger partial charge in [-0.3, -0.25) is 4.79 Å². The molecule has 0 spiro atoms. The summed E-state index contributed by atoms with van der Waals surface area (Å²) in [7, 11) is 5.56. The van der Waals surface area contributed by atoms with Gasteiger partial charge < -0.3 is 24.4 Å². The maximum atomic E-state index is 12.3. The van der Waals surface area contributed by atoms with Gasteiger partial charge in [-0.05, 0) is 54.5 Å². The third-order valence-electron chi connectivity index (χ3n) is 4.22. The van der Waals surface area contributed by atoms with Crippen LogP contribution in [0.3, 0.4) is 0 Å². The van der Waals surface area contributed by atoms with E-state index in [1.165, 1.54) is 6.08 Å². The summed E-state index contributed by atoms with van der Waals surface area (Å²) in [6.45, 7) is 3.00. The van der Waals surface area contributed by atoms with E-state index in [2.05, 4.69) is 5.32 Å². The van der Waals surface area contributed by atoms with E-state index in [0.717, 1.165) is 22.5 Å². The minimum Gasteiger partial charge on any atom is -0.493 e. The lowest BCUT2D eigenvalue weighted by Crippen LogP contribution is -2.16. The minimum atomic E-state index is -0.208. The number of hydrogen-bond acceptors (Lipinski definition) is 5. The predicted molar refractivity (Wildman–Crippen MR) is 107 cm³/mol. The van der Waals surface area contributed by atoms with Crippen molar-refractivity contribution in [2.24, 2.45) is 0 Å². The Morgan fingerprint density at radius 3 is 2.67 bits per heavy atom. The summed E-state index contributed by atoms with van der Waals surface area (Å²) in [4.78, 5) is 14.3. The van der Waals surface area contributed by atoms with Crippen molar-refractivity contribution in [1.29, 1.82) is 0 Å². The van der Waals surface area contributed by atoms with Crippen LogP contribution in [0.2, 0.25) is 0 Å². The molecule has 1 aliphatic heterocycles. The number of ether oxygens (including phenoxy) is 3. The number of fused-ring (bicyclic) bond motifs is 1. The van der Waals surface area contributed by atoms with Gasteiger partial charge in [0.05, 0.1) is 7.11 Å². The largest absolute Gasteiger partial charge is 0.493 e. The van der Waals surface area contributed by atoms with Crippen LogP contribution in [-0.2, 0) is 4.79 Å². The summed E-state index contributed by atoms with van der Waals surface area (Å²) in [5.41, 5.74) is 3.77. The molecule has 0 aromatic heterocycles. The summed E-state index contributed by atoms with van der Waals surface area (Å²) in [5.74, 6) is 1.60. The molecule has 1 heterocycles. The third kappa shape index (κ3) is 4.34. The number of benzene rings is 2. The molecular formula is C21H24N2O4. The van der Waals surface area contributed by atoms with Crippen LogP contribution >= 0.6 is 0 Å². The monoisotopic (exact) mass is 368 g/mol. The quantitative estimate of drug-likeness (QED) is 0.819. The molecule has 1 aliphatic rings. The molecule has 6 heteroatoms. The molecule has 0 radical (unpaired) electrons. The highest BCUT2D eigenvalue weighted by Crippen LogP contribution is 2.40. The van der Waals surface area contributed by atoms with Crippen molar-refractivity contribution in [2.75, 3.05) is 44.6 Å². The summed E-state index contributed by atoms with van der Waals surface area (Å²) >= 11 is 0. The SMILES string of the molecule is COc1cc(/C=C/C(=O)Nc2ccc(N(C)C)c(C)c2)cc2c1OCCO2. The zero-order chi connectivity index (χ0) is 19.4. The molecule has 0 saturated carbocycles. The second-order valence-electron chi connectivity index (χ2n) is 6.47. The highest BCUT2D eigenvalue weighted by atomic mass is 16.6. The second kappa shape index (κ2) is 8.03. The number of hydrogen-bond donors (Lipinski definition) is 1. The van der Waals surface area contributed by atoms with Gasteiger partial charge in [0, 0.05) is 31.5 Å². The van der Waals surface area contributed by atoms with E-state index in [1.807, 2.05) is 56.3 Å². The Bertz CT molecular complexity index is 857. The van der Waals surface area contributed by atoms with Crippen molar-refractivity contribution in [1.82, 2.24) is 0 Å². The molecule has 0 bridgehead atoms. The van der Waals surface area contributed by atoms with Crippen molar-refractivity contribution < 1.29 is 19.0 Å². The van der Waals surface area contributed by atoms with E-state index >= 15 is 0 Å². The smallest absolute Gasteiger partial charge is 0.248 e. The third-order valence-corrected chi connectivity index (χ3v) is 4.22. The predicted octanol–water partition coefficient (Wildman–Crippen LogP) is 3.49. The normalized spacial score (nSPS) is 12.7. The van der Waals surface area contributed by atoms with Gasteiger partial charge >= 0.3 is 0 Å². The maximum Gasteiger partial charge on any atom is 0.248 e. The van der Waals surface area contributed by atoms with E-state index in [-0.39, 0.29) is 5.91 Å². The molecule has 0 saturated heterocycles. The molecule has 3 rings (SSSR count). The van der Waals surface area contributed by atoms with E-state index < -0.39 is 0 Å². The van der Waals surface area contributed by atoms with E-state index in [0.29, 0.717) is 30.5 Å². The number of carbonyl (C=O) groups is 1. The van der Waals surface area contributed by atoms with Gasteiger partial charge in [0.1, 0.15) is 13.2 Å². The summed E-state index contributed by atoms with van der Waals surface area (Å²) < 4.78 is 16.6. The molecule has 0 atom stereocenters. The average molecular weight is 368 g/mol. The Morgan fingerprint density at radius 1 is 1.19 bits per heavy atom. The number of amides is 1. The highest BCUT2D eigenvalue weighted by molar-refractivity contribution is 6.02. The molecule has 0 fully saturated rings. The van der Waals surface area contributed by atoms with Crippen LogP contribution in [-0.4, -0.2) is 40.3 Å². The van der Waals surface area contributed by atoms with Gasteiger partial charge in [0.15, 0.2) is 11.5 Å². The van der Waals surface area contributed by atoms with Crippen molar-refractivity contribution >= 4 is 23.4 Å². The van der Waals surface area contributed by atoms with Gasteiger partial charge in [-0.25, -0.2) is 0 Å². The molecule has 2 aromatic carbocycles. The molecule has 0 unspecified atom stereocenters. The number of methoxy groups -OCH3 is 1. The van der Waals surface area contributed by atoms with Crippen molar-refractivity contribution in [2.45, 2.75) is 6.92 Å². The van der Waals surface area contributed by atoms with Gasteiger partial charge in [-0.1, -0.05) is 0 Å². The Morgan fingerprint density at radius 2 is 1.96 bits per heavy atom. The fourth-order valence-corrected chi connectivity index (χ4v) is 2.98. The van der Waals surface area contributed by atoms with Crippen molar-refractivity contribution in [3.63, 3.8) is 0 Å². The first kappa shape index (κ1) is 18.6. The first-order chi connectivity index (χ1) is 13.0. The number of anilines is 2. The average Bonchev–Trinajstić information content (AvgIpc) is 2.65. The Hall–Kier alpha value is -3.15. The van der Waals surface area contributed by atoms with Crippen LogP contribution < -0.4 is 24.4 Å². The minimum absolute atomic E-state index is 0.208. The summed E-state index contributed by atoms with van der Waals surface area (Å²) in [6, 6.07) is 9.47. The standard InChI is InChI=1S/C21H24N2O4/c1-14-11-16(6-7-17(14)23(2)3)22-20(24)8-5-15-12-18(25-4)21-19(13-15)26-9-10-27-21/h5-8,11-13H,9-10H2,1-4H3,(H,22,24)/b8-5+. The molecule has 6 nitrogen and oxygen atoms in total. The first-order valence-electron chi connectivity index (χ1n) is 8.72. The summed E-state index contributed by atoms with van der Waals surface area (Å²) in [5, 5.41) is 2.88. The molecular weight excluding hydrogens is 344 g/mol. The van der Waals surface area contributed by atoms with Gasteiger partial charge in [0.2, 0.25) is 11.7 Å². The molecule has 142 valence electrons. The molecule has 0 aliphatic carbocycles. The number of rotatable bonds is 5. The topological polar surface area (TPSA) is 60.0 Å². The molecule has 27 heavy (non-hydrogen) atoms. The Labute approximate surface area is 159 Å². The van der Waals surface area contributed by atoms with Gasteiger partial charge in [-0.2, -0.15) is 0 Å². The number of aryl methyl sites for hydroxylation is 1. The lowest BCUT2D eigenvalue weighted by molar-refractivity contribution is -0.111. The van der Waals surface area contributed by atoms with Crippen molar-refractivity contribution in [3.8, 4) is 17.2 Å². The Kier molecular flexibility index (Phi) is 5.54. The molecule has 1 N–H and O–H groups in total. The van der Waals surface area contributed by atoms with Crippen LogP contribution in [0, 0.1) is 6.92 Å². The second-order valence-corrected chi connectivity index (χ2v) is 6.47. The zero-order valence-electron chi connectivity index (χ0n) is 16.0. The fourth-order valence-electron chi connectivity index (χ4n) is 2.98. The maximum absolute atomic E-state index is 12.3. The fraction of sp³-hybridized carbons (Fsp3) is 0.286. The van der Waals surface area contributed by atoms with Gasteiger partial charge in [0.25, 0.3) is 0 Å². The van der Waals surface area contributed by atoms with E-state index in [9.17, 15) is 4.79 Å². The first-order valence-corrected chi connectivity index (χ1v) is 8.72. The number of nitrogens with zero attached hydrogens (tertiary/aromatic N) is 1. The van der Waals surface area contributed by atoms with Crippen LogP contribution in [0.25, 0.3) is 6.08 Å². The summed E-state index contributed by atoms with van der Waals surface area (Å²) in [6.07, 6.45) is 3.21. The number of nitrogens with one attached hydrogen (secondary N) is 1. The van der Waals surface area contributed by atoms with Crippen LogP contribution in [0.1, 0.15) is 11.1 Å². The van der Waals surface area contributed by atoms with E-state index in [1.54, 1.807) is 13.2 Å². The Balaban J connectivity index is 1.72. The number of carbonyl (C=O) groups excluding carboxylic acids is 1. The van der Waals surface area contributed by atoms with Crippen LogP contribution in [0.4, 0.5) is 11.4 Å². The van der Waals surface area contributed by atoms with Crippen molar-refractivity contribution in [3.05, 3.63) is 47.5 Å². The molecule has 1 amide bonds. The van der Waals surface area contributed by atoms with Crippen LogP contribution in [0.15, 0.2) is 36.4 Å². The zero-order valence-corrected chi connectivity index (χ0v) is 16.0. The van der Waals surface area contributed by atoms with Crippen LogP contribution in [0.5, 0.6) is 17.2 Å². The molecule has 2 aromatic rings. The highest BCUT2D eigenvalue weighted by Gasteiger charge is 2.17. The van der Waals surface area contributed by atoms with E-state index in [4.69, 9.17) is 14.2 Å². The lowest BCUT2D eigenvalue weighted by Gasteiger charge is -2.20.